The second-order valence-corrected chi connectivity index (χ2v) is 5.12. The van der Waals surface area contributed by atoms with E-state index in [-0.39, 0.29) is 6.61 Å². The highest BCUT2D eigenvalue weighted by atomic mass is 16.5. The van der Waals surface area contributed by atoms with E-state index in [9.17, 15) is 0 Å². The molecule has 106 valence electrons. The number of nitrogens with zero attached hydrogens (tertiary/aromatic N) is 1. The van der Waals surface area contributed by atoms with Gasteiger partial charge in [-0.15, -0.1) is 0 Å². The zero-order valence-corrected chi connectivity index (χ0v) is 11.4. The van der Waals surface area contributed by atoms with Gasteiger partial charge in [0.2, 0.25) is 0 Å². The van der Waals surface area contributed by atoms with E-state index >= 15 is 0 Å². The summed E-state index contributed by atoms with van der Waals surface area (Å²) in [6.45, 7) is 2.49. The molecule has 1 aromatic carbocycles. The van der Waals surface area contributed by atoms with E-state index in [1.807, 2.05) is 24.3 Å². The monoisotopic (exact) mass is 264 g/mol. The van der Waals surface area contributed by atoms with Gasteiger partial charge in [0.15, 0.2) is 0 Å². The van der Waals surface area contributed by atoms with Gasteiger partial charge in [-0.2, -0.15) is 0 Å². The number of hydrogen-bond acceptors (Lipinski definition) is 4. The van der Waals surface area contributed by atoms with Crippen molar-refractivity contribution >= 4 is 5.69 Å². The summed E-state index contributed by atoms with van der Waals surface area (Å²) >= 11 is 0. The van der Waals surface area contributed by atoms with Gasteiger partial charge in [0.25, 0.3) is 0 Å². The van der Waals surface area contributed by atoms with E-state index < -0.39 is 0 Å². The Morgan fingerprint density at radius 1 is 1.16 bits per heavy atom. The second-order valence-electron chi connectivity index (χ2n) is 5.12. The van der Waals surface area contributed by atoms with Crippen LogP contribution in [-0.2, 0) is 0 Å². The van der Waals surface area contributed by atoms with Crippen molar-refractivity contribution in [1.82, 2.24) is 4.90 Å². The first-order valence-corrected chi connectivity index (χ1v) is 7.13. The van der Waals surface area contributed by atoms with E-state index in [1.165, 1.54) is 25.7 Å². The lowest BCUT2D eigenvalue weighted by molar-refractivity contribution is 0.129. The molecule has 0 radical (unpaired) electrons. The molecule has 0 aliphatic heterocycles. The van der Waals surface area contributed by atoms with Gasteiger partial charge in [0, 0.05) is 24.8 Å². The third kappa shape index (κ3) is 4.40. The van der Waals surface area contributed by atoms with Gasteiger partial charge in [-0.25, -0.2) is 0 Å². The van der Waals surface area contributed by atoms with E-state index in [0.29, 0.717) is 12.6 Å². The standard InChI is InChI=1S/C15H24N2O2/c16-13-5-7-15(8-6-13)19-12-10-17(9-11-18)14-3-1-2-4-14/h5-8,14,18H,1-4,9-12,16H2. The molecule has 1 saturated carbocycles. The minimum atomic E-state index is 0.221. The largest absolute Gasteiger partial charge is 0.492 e. The fourth-order valence-corrected chi connectivity index (χ4v) is 2.72. The normalized spacial score (nSPS) is 16.1. The lowest BCUT2D eigenvalue weighted by Gasteiger charge is -2.27. The molecule has 1 aliphatic carbocycles. The first kappa shape index (κ1) is 14.2. The number of hydrogen-bond donors (Lipinski definition) is 2. The number of aliphatic hydroxyl groups is 1. The molecule has 0 aromatic heterocycles. The van der Waals surface area contributed by atoms with Crippen LogP contribution in [-0.4, -0.2) is 42.4 Å². The second kappa shape index (κ2) is 7.36. The lowest BCUT2D eigenvalue weighted by Crippen LogP contribution is -2.38. The van der Waals surface area contributed by atoms with Crippen molar-refractivity contribution in [2.45, 2.75) is 31.7 Å². The molecule has 1 aliphatic rings. The summed E-state index contributed by atoms with van der Waals surface area (Å²) in [5.41, 5.74) is 6.38. The average Bonchev–Trinajstić information content (AvgIpc) is 2.94. The van der Waals surface area contributed by atoms with Crippen molar-refractivity contribution in [3.8, 4) is 5.75 Å². The van der Waals surface area contributed by atoms with Crippen molar-refractivity contribution < 1.29 is 9.84 Å². The van der Waals surface area contributed by atoms with Crippen LogP contribution in [0.3, 0.4) is 0 Å². The fourth-order valence-electron chi connectivity index (χ4n) is 2.72. The Morgan fingerprint density at radius 2 is 1.84 bits per heavy atom. The maximum absolute atomic E-state index is 9.15. The summed E-state index contributed by atoms with van der Waals surface area (Å²) < 4.78 is 5.72. The minimum Gasteiger partial charge on any atom is -0.492 e. The molecular weight excluding hydrogens is 240 g/mol. The molecule has 0 heterocycles. The minimum absolute atomic E-state index is 0.221. The molecule has 3 N–H and O–H groups in total. The summed E-state index contributed by atoms with van der Waals surface area (Å²) in [4.78, 5) is 2.35. The zero-order valence-electron chi connectivity index (χ0n) is 11.4. The van der Waals surface area contributed by atoms with Crippen LogP contribution in [0.25, 0.3) is 0 Å². The summed E-state index contributed by atoms with van der Waals surface area (Å²) in [5, 5.41) is 9.15. The summed E-state index contributed by atoms with van der Waals surface area (Å²) in [6.07, 6.45) is 5.13. The highest BCUT2D eigenvalue weighted by Gasteiger charge is 2.21. The van der Waals surface area contributed by atoms with Gasteiger partial charge in [0.1, 0.15) is 12.4 Å². The van der Waals surface area contributed by atoms with Gasteiger partial charge in [-0.1, -0.05) is 12.8 Å². The van der Waals surface area contributed by atoms with Crippen molar-refractivity contribution in [3.05, 3.63) is 24.3 Å². The Kier molecular flexibility index (Phi) is 5.48. The molecule has 0 spiro atoms. The summed E-state index contributed by atoms with van der Waals surface area (Å²) in [6, 6.07) is 8.10. The highest BCUT2D eigenvalue weighted by Crippen LogP contribution is 2.23. The first-order chi connectivity index (χ1) is 9.29. The molecule has 4 heteroatoms. The molecule has 1 fully saturated rings. The van der Waals surface area contributed by atoms with Crippen molar-refractivity contribution in [2.24, 2.45) is 0 Å². The van der Waals surface area contributed by atoms with Crippen molar-refractivity contribution in [2.75, 3.05) is 32.0 Å². The molecule has 4 nitrogen and oxygen atoms in total. The third-order valence-corrected chi connectivity index (χ3v) is 3.76. The molecule has 0 saturated heterocycles. The van der Waals surface area contributed by atoms with Gasteiger partial charge in [0.05, 0.1) is 6.61 Å². The Morgan fingerprint density at radius 3 is 2.47 bits per heavy atom. The van der Waals surface area contributed by atoms with Crippen molar-refractivity contribution in [1.29, 1.82) is 0 Å². The number of nitrogens with two attached hydrogens (primary N) is 1. The quantitative estimate of drug-likeness (QED) is 0.738. The SMILES string of the molecule is Nc1ccc(OCCN(CCO)C2CCCC2)cc1. The van der Waals surface area contributed by atoms with Gasteiger partial charge < -0.3 is 15.6 Å². The summed E-state index contributed by atoms with van der Waals surface area (Å²) in [5.74, 6) is 0.851. The van der Waals surface area contributed by atoms with E-state index in [0.717, 1.165) is 24.5 Å². The van der Waals surface area contributed by atoms with Crippen LogP contribution < -0.4 is 10.5 Å². The Bertz CT molecular complexity index is 361. The molecule has 2 rings (SSSR count). The zero-order chi connectivity index (χ0) is 13.5. The van der Waals surface area contributed by atoms with Crippen LogP contribution in [0.15, 0.2) is 24.3 Å². The molecule has 19 heavy (non-hydrogen) atoms. The number of anilines is 1. The topological polar surface area (TPSA) is 58.7 Å². The van der Waals surface area contributed by atoms with Gasteiger partial charge in [-0.3, -0.25) is 4.90 Å². The van der Waals surface area contributed by atoms with Crippen LogP contribution in [0.4, 0.5) is 5.69 Å². The van der Waals surface area contributed by atoms with Crippen LogP contribution in [0, 0.1) is 0 Å². The molecule has 0 atom stereocenters. The van der Waals surface area contributed by atoms with E-state index in [4.69, 9.17) is 15.6 Å². The molecule has 0 unspecified atom stereocenters. The number of nitrogen functional groups attached to an aromatic ring is 1. The van der Waals surface area contributed by atoms with Gasteiger partial charge >= 0.3 is 0 Å². The lowest BCUT2D eigenvalue weighted by atomic mass is 10.2. The van der Waals surface area contributed by atoms with Crippen LogP contribution in [0.5, 0.6) is 5.75 Å². The van der Waals surface area contributed by atoms with E-state index in [2.05, 4.69) is 4.90 Å². The maximum atomic E-state index is 9.15. The Labute approximate surface area is 115 Å². The van der Waals surface area contributed by atoms with Crippen molar-refractivity contribution in [3.63, 3.8) is 0 Å². The van der Waals surface area contributed by atoms with Gasteiger partial charge in [-0.05, 0) is 37.1 Å². The first-order valence-electron chi connectivity index (χ1n) is 7.13. The average molecular weight is 264 g/mol. The molecule has 0 bridgehead atoms. The molecular formula is C15H24N2O2. The molecule has 1 aromatic rings. The smallest absolute Gasteiger partial charge is 0.119 e. The Hall–Kier alpha value is -1.26. The van der Waals surface area contributed by atoms with Crippen LogP contribution >= 0.6 is 0 Å². The van der Waals surface area contributed by atoms with Crippen LogP contribution in [0.2, 0.25) is 0 Å². The third-order valence-electron chi connectivity index (χ3n) is 3.76. The van der Waals surface area contributed by atoms with E-state index in [1.54, 1.807) is 0 Å². The fraction of sp³-hybridized carbons (Fsp3) is 0.600. The predicted molar refractivity (Wildman–Crippen MR) is 77.3 cm³/mol. The number of ether oxygens (including phenoxy) is 1. The molecule has 0 amide bonds. The predicted octanol–water partition coefficient (Wildman–Crippen LogP) is 1.88. The van der Waals surface area contributed by atoms with Crippen LogP contribution in [0.1, 0.15) is 25.7 Å². The number of rotatable bonds is 7. The highest BCUT2D eigenvalue weighted by molar-refractivity contribution is 5.41. The number of aliphatic hydroxyl groups excluding tert-OH is 1. The Balaban J connectivity index is 1.76. The summed E-state index contributed by atoms with van der Waals surface area (Å²) in [7, 11) is 0. The maximum Gasteiger partial charge on any atom is 0.119 e. The number of benzene rings is 1.